The molecule has 0 fully saturated rings. The van der Waals surface area contributed by atoms with Crippen molar-refractivity contribution in [3.63, 3.8) is 0 Å². The third-order valence-corrected chi connectivity index (χ3v) is 2.64. The van der Waals surface area contributed by atoms with Crippen LogP contribution in [0.15, 0.2) is 24.5 Å². The van der Waals surface area contributed by atoms with Crippen molar-refractivity contribution in [1.29, 1.82) is 0 Å². The normalized spacial score (nSPS) is 12.0. The maximum absolute atomic E-state index is 11.5. The molecule has 0 radical (unpaired) electrons. The molecule has 5 heteroatoms. The molecule has 0 unspecified atom stereocenters. The van der Waals surface area contributed by atoms with Crippen LogP contribution in [0.2, 0.25) is 0 Å². The summed E-state index contributed by atoms with van der Waals surface area (Å²) in [6.45, 7) is 5.66. The van der Waals surface area contributed by atoms with E-state index >= 15 is 0 Å². The molecule has 0 aliphatic heterocycles. The van der Waals surface area contributed by atoms with Crippen LogP contribution in [-0.2, 0) is 9.53 Å². The Morgan fingerprint density at radius 1 is 1.28 bits per heavy atom. The van der Waals surface area contributed by atoms with Crippen molar-refractivity contribution < 1.29 is 14.3 Å². The largest absolute Gasteiger partial charge is 0.452 e. The number of nitrogens with one attached hydrogen (secondary N) is 1. The summed E-state index contributed by atoms with van der Waals surface area (Å²) in [6, 6.07) is 3.13. The van der Waals surface area contributed by atoms with Gasteiger partial charge < -0.3 is 10.1 Å². The number of hydrogen-bond donors (Lipinski definition) is 1. The van der Waals surface area contributed by atoms with Crippen LogP contribution >= 0.6 is 0 Å². The van der Waals surface area contributed by atoms with Gasteiger partial charge in [0.25, 0.3) is 5.91 Å². The summed E-state index contributed by atoms with van der Waals surface area (Å²) in [4.78, 5) is 26.8. The van der Waals surface area contributed by atoms with Gasteiger partial charge >= 0.3 is 5.97 Å². The summed E-state index contributed by atoms with van der Waals surface area (Å²) >= 11 is 0. The lowest BCUT2D eigenvalue weighted by Crippen LogP contribution is -2.38. The van der Waals surface area contributed by atoms with E-state index in [-0.39, 0.29) is 18.6 Å². The molecule has 1 atom stereocenters. The highest BCUT2D eigenvalue weighted by molar-refractivity contribution is 5.91. The van der Waals surface area contributed by atoms with E-state index in [0.717, 1.165) is 0 Å². The van der Waals surface area contributed by atoms with Crippen LogP contribution in [0.25, 0.3) is 0 Å². The first-order valence-electron chi connectivity index (χ1n) is 5.87. The van der Waals surface area contributed by atoms with E-state index in [9.17, 15) is 9.59 Å². The predicted molar refractivity (Wildman–Crippen MR) is 67.0 cm³/mol. The van der Waals surface area contributed by atoms with E-state index in [2.05, 4.69) is 10.3 Å². The van der Waals surface area contributed by atoms with Gasteiger partial charge in [-0.05, 0) is 25.0 Å². The van der Waals surface area contributed by atoms with Gasteiger partial charge in [-0.2, -0.15) is 0 Å². The summed E-state index contributed by atoms with van der Waals surface area (Å²) in [7, 11) is 0. The highest BCUT2D eigenvalue weighted by Gasteiger charge is 2.13. The molecule has 0 spiro atoms. The third-order valence-electron chi connectivity index (χ3n) is 2.64. The van der Waals surface area contributed by atoms with Crippen LogP contribution in [-0.4, -0.2) is 29.5 Å². The van der Waals surface area contributed by atoms with Crippen LogP contribution in [0.1, 0.15) is 31.1 Å². The van der Waals surface area contributed by atoms with Crippen molar-refractivity contribution in [3.05, 3.63) is 30.1 Å². The molecule has 5 nitrogen and oxygen atoms in total. The van der Waals surface area contributed by atoms with E-state index in [4.69, 9.17) is 4.74 Å². The van der Waals surface area contributed by atoms with Gasteiger partial charge in [-0.15, -0.1) is 0 Å². The van der Waals surface area contributed by atoms with Crippen LogP contribution in [0.5, 0.6) is 0 Å². The zero-order chi connectivity index (χ0) is 13.5. The summed E-state index contributed by atoms with van der Waals surface area (Å²) in [5, 5.41) is 2.76. The number of amides is 1. The summed E-state index contributed by atoms with van der Waals surface area (Å²) < 4.78 is 4.89. The van der Waals surface area contributed by atoms with Gasteiger partial charge in [-0.25, -0.2) is 4.79 Å². The van der Waals surface area contributed by atoms with Crippen molar-refractivity contribution in [2.75, 3.05) is 6.61 Å². The second kappa shape index (κ2) is 6.74. The molecule has 0 saturated carbocycles. The second-order valence-corrected chi connectivity index (χ2v) is 4.41. The summed E-state index contributed by atoms with van der Waals surface area (Å²) in [5.74, 6) is -0.479. The molecule has 1 aromatic rings. The van der Waals surface area contributed by atoms with Gasteiger partial charge in [-0.3, -0.25) is 9.78 Å². The maximum Gasteiger partial charge on any atom is 0.338 e. The smallest absolute Gasteiger partial charge is 0.338 e. The molecule has 1 amide bonds. The van der Waals surface area contributed by atoms with E-state index in [1.165, 1.54) is 24.5 Å². The Labute approximate surface area is 107 Å². The van der Waals surface area contributed by atoms with Crippen molar-refractivity contribution in [2.45, 2.75) is 26.8 Å². The molecule has 98 valence electrons. The van der Waals surface area contributed by atoms with Crippen LogP contribution in [0.3, 0.4) is 0 Å². The van der Waals surface area contributed by atoms with E-state index < -0.39 is 5.97 Å². The van der Waals surface area contributed by atoms with E-state index in [1.807, 2.05) is 20.8 Å². The van der Waals surface area contributed by atoms with Crippen molar-refractivity contribution in [1.82, 2.24) is 10.3 Å². The van der Waals surface area contributed by atoms with Crippen molar-refractivity contribution in [2.24, 2.45) is 5.92 Å². The molecule has 1 heterocycles. The monoisotopic (exact) mass is 250 g/mol. The Kier molecular flexibility index (Phi) is 5.30. The Hall–Kier alpha value is -1.91. The van der Waals surface area contributed by atoms with Gasteiger partial charge in [0, 0.05) is 18.4 Å². The lowest BCUT2D eigenvalue weighted by Gasteiger charge is -2.17. The number of aromatic nitrogens is 1. The van der Waals surface area contributed by atoms with Gasteiger partial charge in [0.1, 0.15) is 0 Å². The minimum Gasteiger partial charge on any atom is -0.452 e. The Balaban J connectivity index is 2.37. The quantitative estimate of drug-likeness (QED) is 0.802. The van der Waals surface area contributed by atoms with Gasteiger partial charge in [0.05, 0.1) is 5.56 Å². The second-order valence-electron chi connectivity index (χ2n) is 4.41. The maximum atomic E-state index is 11.5. The Morgan fingerprint density at radius 3 is 2.44 bits per heavy atom. The van der Waals surface area contributed by atoms with Crippen molar-refractivity contribution >= 4 is 11.9 Å². The number of pyridine rings is 1. The minimum atomic E-state index is -0.523. The van der Waals surface area contributed by atoms with Crippen LogP contribution in [0.4, 0.5) is 0 Å². The minimum absolute atomic E-state index is 0.0529. The SMILES string of the molecule is CC(C)[C@H](C)NC(=O)COC(=O)c1ccncc1. The topological polar surface area (TPSA) is 68.3 Å². The molecule has 18 heavy (non-hydrogen) atoms. The van der Waals surface area contributed by atoms with Crippen LogP contribution < -0.4 is 5.32 Å². The number of rotatable bonds is 5. The van der Waals surface area contributed by atoms with Gasteiger partial charge in [-0.1, -0.05) is 13.8 Å². The fourth-order valence-electron chi connectivity index (χ4n) is 1.16. The average molecular weight is 250 g/mol. The molecule has 1 N–H and O–H groups in total. The number of carbonyl (C=O) groups excluding carboxylic acids is 2. The van der Waals surface area contributed by atoms with Crippen molar-refractivity contribution in [3.8, 4) is 0 Å². The lowest BCUT2D eigenvalue weighted by atomic mass is 10.1. The Bertz CT molecular complexity index is 404. The first-order chi connectivity index (χ1) is 8.50. The van der Waals surface area contributed by atoms with E-state index in [1.54, 1.807) is 0 Å². The molecule has 1 rings (SSSR count). The molecule has 0 saturated heterocycles. The highest BCUT2D eigenvalue weighted by atomic mass is 16.5. The molecule has 0 aromatic carbocycles. The Morgan fingerprint density at radius 2 is 1.89 bits per heavy atom. The molecular formula is C13H18N2O3. The molecular weight excluding hydrogens is 232 g/mol. The summed E-state index contributed by atoms with van der Waals surface area (Å²) in [6.07, 6.45) is 3.00. The fraction of sp³-hybridized carbons (Fsp3) is 0.462. The molecule has 0 bridgehead atoms. The zero-order valence-corrected chi connectivity index (χ0v) is 10.8. The molecule has 0 aliphatic rings. The first-order valence-corrected chi connectivity index (χ1v) is 5.87. The highest BCUT2D eigenvalue weighted by Crippen LogP contribution is 2.01. The van der Waals surface area contributed by atoms with E-state index in [0.29, 0.717) is 11.5 Å². The zero-order valence-electron chi connectivity index (χ0n) is 10.8. The van der Waals surface area contributed by atoms with Crippen LogP contribution in [0, 0.1) is 5.92 Å². The number of carbonyl (C=O) groups is 2. The van der Waals surface area contributed by atoms with Gasteiger partial charge in [0.15, 0.2) is 6.61 Å². The van der Waals surface area contributed by atoms with Gasteiger partial charge in [0.2, 0.25) is 0 Å². The number of ether oxygens (including phenoxy) is 1. The molecule has 1 aromatic heterocycles. The summed E-state index contributed by atoms with van der Waals surface area (Å²) in [5.41, 5.74) is 0.384. The number of nitrogens with zero attached hydrogens (tertiary/aromatic N) is 1. The molecule has 0 aliphatic carbocycles. The number of esters is 1. The predicted octanol–water partition coefficient (Wildman–Crippen LogP) is 1.40. The standard InChI is InChI=1S/C13H18N2O3/c1-9(2)10(3)15-12(16)8-18-13(17)11-4-6-14-7-5-11/h4-7,9-10H,8H2,1-3H3,(H,15,16)/t10-/m0/s1. The lowest BCUT2D eigenvalue weighted by molar-refractivity contribution is -0.125. The third kappa shape index (κ3) is 4.53. The average Bonchev–Trinajstić information content (AvgIpc) is 2.36. The number of hydrogen-bond acceptors (Lipinski definition) is 4. The first kappa shape index (κ1) is 14.2. The fourth-order valence-corrected chi connectivity index (χ4v) is 1.16.